The maximum absolute atomic E-state index is 10.2. The van der Waals surface area contributed by atoms with Crippen molar-refractivity contribution in [1.82, 2.24) is 0 Å². The number of carbonyl (C=O) groups excluding carboxylic acids is 5. The summed E-state index contributed by atoms with van der Waals surface area (Å²) in [6.45, 7) is 0. The molecule has 0 saturated heterocycles. The molecular formula is C5H5MnO5. The van der Waals surface area contributed by atoms with Crippen LogP contribution < -0.4 is 0 Å². The Morgan fingerprint density at radius 1 is 0.545 bits per heavy atom. The number of hydrogen-bond donors (Lipinski definition) is 0. The molecule has 0 aromatic rings. The van der Waals surface area contributed by atoms with Crippen molar-refractivity contribution in [2.24, 2.45) is 0 Å². The predicted molar refractivity (Wildman–Crippen MR) is 33.8 cm³/mol. The van der Waals surface area contributed by atoms with Crippen molar-refractivity contribution in [3.63, 3.8) is 0 Å². The van der Waals surface area contributed by atoms with E-state index in [-0.39, 0.29) is 25.9 Å². The molecule has 0 spiro atoms. The molecule has 0 radical (unpaired) electrons. The molecule has 6 heteroatoms. The minimum absolute atomic E-state index is 0.138. The van der Waals surface area contributed by atoms with Gasteiger partial charge in [0.05, 0.1) is 0 Å². The summed E-state index contributed by atoms with van der Waals surface area (Å²) in [5, 5.41) is -0.688. The molecule has 0 heterocycles. The number of carbonyl (C=O) groups is 5. The Morgan fingerprint density at radius 2 is 0.727 bits per heavy atom. The second-order valence-electron chi connectivity index (χ2n) is 1.71. The molecule has 0 aliphatic carbocycles. The first kappa shape index (κ1) is 9.87. The molecule has 0 amide bonds. The second kappa shape index (κ2) is 2.86. The molecule has 62 valence electrons. The van der Waals surface area contributed by atoms with E-state index < -0.39 is 11.8 Å². The third-order valence-electron chi connectivity index (χ3n) is 1.03. The number of hydrogen-bond acceptors (Lipinski definition) is 5. The SMILES string of the molecule is O=[CH][Mn]([CH]=O)([CH]=O)([CH]=O)[CH]=O. The first-order valence-electron chi connectivity index (χ1n) is 2.27. The molecule has 11 heavy (non-hydrogen) atoms. The van der Waals surface area contributed by atoms with Gasteiger partial charge < -0.3 is 0 Å². The van der Waals surface area contributed by atoms with Crippen molar-refractivity contribution in [2.75, 3.05) is 0 Å². The van der Waals surface area contributed by atoms with Gasteiger partial charge in [0.15, 0.2) is 0 Å². The average molecular weight is 200 g/mol. The fraction of sp³-hybridized carbons (Fsp3) is 0. The first-order chi connectivity index (χ1) is 5.12. The van der Waals surface area contributed by atoms with Crippen LogP contribution in [-0.4, -0.2) is 25.9 Å². The van der Waals surface area contributed by atoms with Crippen molar-refractivity contribution in [2.45, 2.75) is 0 Å². The van der Waals surface area contributed by atoms with Crippen LogP contribution in [0.1, 0.15) is 0 Å². The monoisotopic (exact) mass is 200 g/mol. The molecule has 0 aliphatic heterocycles. The van der Waals surface area contributed by atoms with Crippen LogP contribution >= 0.6 is 0 Å². The Bertz CT molecular complexity index is 169. The zero-order valence-corrected chi connectivity index (χ0v) is 6.49. The van der Waals surface area contributed by atoms with Gasteiger partial charge in [-0.25, -0.2) is 0 Å². The van der Waals surface area contributed by atoms with Gasteiger partial charge in [-0.3, -0.25) is 0 Å². The molecule has 5 nitrogen and oxygen atoms in total. The summed E-state index contributed by atoms with van der Waals surface area (Å²) in [6.07, 6.45) is 0. The van der Waals surface area contributed by atoms with Gasteiger partial charge in [0.2, 0.25) is 0 Å². The standard InChI is InChI=1S/5CHO.Mn/c5*1-2;/h5*1H;. The first-order valence-corrected chi connectivity index (χ1v) is 5.68. The van der Waals surface area contributed by atoms with Crippen LogP contribution in [0.4, 0.5) is 0 Å². The van der Waals surface area contributed by atoms with Gasteiger partial charge in [0.1, 0.15) is 0 Å². The van der Waals surface area contributed by atoms with E-state index in [0.717, 1.165) is 0 Å². The predicted octanol–water partition coefficient (Wildman–Crippen LogP) is -1.37. The summed E-state index contributed by atoms with van der Waals surface area (Å²) in [5.41, 5.74) is 0. The van der Waals surface area contributed by atoms with Crippen molar-refractivity contribution in [3.8, 4) is 0 Å². The zero-order chi connectivity index (χ0) is 8.98. The van der Waals surface area contributed by atoms with Gasteiger partial charge in [-0.15, -0.1) is 0 Å². The van der Waals surface area contributed by atoms with E-state index in [1.165, 1.54) is 0 Å². The molecule has 0 atom stereocenters. The molecule has 0 aliphatic rings. The minimum atomic E-state index is -4.85. The van der Waals surface area contributed by atoms with Gasteiger partial charge in [-0.1, -0.05) is 0 Å². The molecule has 0 unspecified atom stereocenters. The molecule has 0 rings (SSSR count). The van der Waals surface area contributed by atoms with Crippen LogP contribution in [0.5, 0.6) is 0 Å². The quantitative estimate of drug-likeness (QED) is 0.403. The van der Waals surface area contributed by atoms with Crippen molar-refractivity contribution in [3.05, 3.63) is 0 Å². The van der Waals surface area contributed by atoms with Gasteiger partial charge >= 0.3 is 61.7 Å². The Hall–Kier alpha value is -1.13. The van der Waals surface area contributed by atoms with E-state index in [1.807, 2.05) is 0 Å². The average Bonchev–Trinajstić information content (AvgIpc) is 2.12. The van der Waals surface area contributed by atoms with Crippen LogP contribution in [0.3, 0.4) is 0 Å². The Kier molecular flexibility index (Phi) is 2.56. The molecule has 0 aromatic carbocycles. The molecular weight excluding hydrogens is 195 g/mol. The molecule has 0 bridgehead atoms. The van der Waals surface area contributed by atoms with E-state index in [9.17, 15) is 24.0 Å². The molecule has 0 N–H and O–H groups in total. The van der Waals surface area contributed by atoms with E-state index in [0.29, 0.717) is 0 Å². The fourth-order valence-electron chi connectivity index (χ4n) is 0.210. The van der Waals surface area contributed by atoms with Crippen molar-refractivity contribution >= 4 is 25.9 Å². The van der Waals surface area contributed by atoms with E-state index in [1.54, 1.807) is 0 Å². The van der Waals surface area contributed by atoms with Gasteiger partial charge in [0.25, 0.3) is 0 Å². The molecule has 0 saturated carbocycles. The zero-order valence-electron chi connectivity index (χ0n) is 5.31. The van der Waals surface area contributed by atoms with Crippen molar-refractivity contribution in [1.29, 1.82) is 0 Å². The summed E-state index contributed by atoms with van der Waals surface area (Å²) in [7, 11) is 0. The van der Waals surface area contributed by atoms with Gasteiger partial charge in [0, 0.05) is 0 Å². The summed E-state index contributed by atoms with van der Waals surface area (Å²) >= 11 is -4.85. The summed E-state index contributed by atoms with van der Waals surface area (Å²) in [6, 6.07) is 0. The van der Waals surface area contributed by atoms with Crippen LogP contribution in [0.2, 0.25) is 0 Å². The third kappa shape index (κ3) is 1.18. The summed E-state index contributed by atoms with van der Waals surface area (Å²) in [5.74, 6) is 0. The molecule has 0 aromatic heterocycles. The normalized spacial score (nSPS) is 13.6. The van der Waals surface area contributed by atoms with Crippen LogP contribution in [0.15, 0.2) is 0 Å². The molecule has 0 fully saturated rings. The third-order valence-corrected chi connectivity index (χ3v) is 4.24. The van der Waals surface area contributed by atoms with Crippen LogP contribution in [-0.2, 0) is 35.8 Å². The Labute approximate surface area is 62.3 Å². The Morgan fingerprint density at radius 3 is 0.727 bits per heavy atom. The topological polar surface area (TPSA) is 85.3 Å². The number of rotatable bonds is 5. The van der Waals surface area contributed by atoms with Crippen LogP contribution in [0, 0.1) is 0 Å². The summed E-state index contributed by atoms with van der Waals surface area (Å²) < 4.78 is 0. The van der Waals surface area contributed by atoms with E-state index >= 15 is 0 Å². The maximum atomic E-state index is 10.2. The van der Waals surface area contributed by atoms with Gasteiger partial charge in [-0.2, -0.15) is 0 Å². The van der Waals surface area contributed by atoms with Gasteiger partial charge in [-0.05, 0) is 0 Å². The van der Waals surface area contributed by atoms with E-state index in [2.05, 4.69) is 0 Å². The Balaban J connectivity index is 5.51. The fourth-order valence-corrected chi connectivity index (χ4v) is 0.866. The second-order valence-corrected chi connectivity index (χ2v) is 7.03. The van der Waals surface area contributed by atoms with Crippen LogP contribution in [0.25, 0.3) is 0 Å². The van der Waals surface area contributed by atoms with Crippen molar-refractivity contribution < 1.29 is 35.8 Å². The summed E-state index contributed by atoms with van der Waals surface area (Å²) in [4.78, 5) is 51.1. The van der Waals surface area contributed by atoms with E-state index in [4.69, 9.17) is 0 Å².